The van der Waals surface area contributed by atoms with E-state index >= 15 is 0 Å². The van der Waals surface area contributed by atoms with Crippen molar-refractivity contribution in [2.75, 3.05) is 14.2 Å². The highest BCUT2D eigenvalue weighted by molar-refractivity contribution is 14.1. The zero-order valence-electron chi connectivity index (χ0n) is 15.5. The van der Waals surface area contributed by atoms with Gasteiger partial charge < -0.3 is 19.3 Å². The second-order valence-corrected chi connectivity index (χ2v) is 10.1. The van der Waals surface area contributed by atoms with Crippen LogP contribution in [0.2, 0.25) is 0 Å². The number of phenolic OH excluding ortho intramolecular Hbond substituents is 1. The largest absolute Gasteiger partial charge is 0.502 e. The number of hydrogen-bond donors (Lipinski definition) is 1. The molecule has 30 heavy (non-hydrogen) atoms. The number of benzene rings is 2. The van der Waals surface area contributed by atoms with Crippen LogP contribution in [-0.4, -0.2) is 35.2 Å². The van der Waals surface area contributed by atoms with Gasteiger partial charge in [0.2, 0.25) is 5.75 Å². The van der Waals surface area contributed by atoms with Crippen molar-refractivity contribution in [1.82, 2.24) is 0 Å². The highest BCUT2D eigenvalue weighted by atomic mass is 127. The molecule has 12 heteroatoms. The van der Waals surface area contributed by atoms with Crippen LogP contribution in [-0.2, 0) is 16.0 Å². The zero-order chi connectivity index (χ0) is 22.6. The number of phenols is 1. The molecule has 2 rings (SSSR count). The summed E-state index contributed by atoms with van der Waals surface area (Å²) in [6.45, 7) is 0. The molecule has 8 nitrogen and oxygen atoms in total. The highest BCUT2D eigenvalue weighted by Gasteiger charge is 2.30. The number of nitro groups is 1. The Morgan fingerprint density at radius 1 is 1.17 bits per heavy atom. The first-order chi connectivity index (χ1) is 14.1. The smallest absolute Gasteiger partial charge is 0.309 e. The zero-order valence-corrected chi connectivity index (χ0v) is 23.0. The van der Waals surface area contributed by atoms with Gasteiger partial charge in [-0.2, -0.15) is 0 Å². The number of ether oxygens (including phenoxy) is 3. The molecule has 1 N–H and O–H groups in total. The molecule has 162 valence electrons. The fourth-order valence-corrected chi connectivity index (χ4v) is 5.30. The molecule has 2 aromatic carbocycles. The molecular formula is C18H15Br2I2NO7. The predicted molar refractivity (Wildman–Crippen MR) is 134 cm³/mol. The Balaban J connectivity index is 2.46. The summed E-state index contributed by atoms with van der Waals surface area (Å²) < 4.78 is 17.3. The van der Waals surface area contributed by atoms with Crippen molar-refractivity contribution in [2.24, 2.45) is 0 Å². The van der Waals surface area contributed by atoms with Gasteiger partial charge in [0.25, 0.3) is 4.95 Å². The van der Waals surface area contributed by atoms with Crippen molar-refractivity contribution in [1.29, 1.82) is 0 Å². The van der Waals surface area contributed by atoms with Gasteiger partial charge in [-0.1, -0.05) is 15.9 Å². The fraction of sp³-hybridized carbons (Fsp3) is 0.278. The fourth-order valence-electron chi connectivity index (χ4n) is 2.42. The average molecular weight is 771 g/mol. The van der Waals surface area contributed by atoms with E-state index in [1.54, 1.807) is 12.1 Å². The van der Waals surface area contributed by atoms with Gasteiger partial charge in [0.15, 0.2) is 17.2 Å². The van der Waals surface area contributed by atoms with Gasteiger partial charge in [0, 0.05) is 4.92 Å². The minimum atomic E-state index is -1.10. The number of rotatable bonds is 8. The standard InChI is InChI=1S/C18H15Br2I2NO7/c1-28-12-6-9(15(19)18(20)23(26)27)7-13(16(12)25)30-17-10(21)3-8(4-11(17)22)5-14(24)29-2/h3-4,6-7,15,18,25H,5H2,1-2H3. The summed E-state index contributed by atoms with van der Waals surface area (Å²) in [5.41, 5.74) is 1.23. The van der Waals surface area contributed by atoms with Gasteiger partial charge >= 0.3 is 5.97 Å². The molecular weight excluding hydrogens is 756 g/mol. The molecule has 0 heterocycles. The van der Waals surface area contributed by atoms with Gasteiger partial charge in [0.1, 0.15) is 4.83 Å². The molecule has 0 radical (unpaired) electrons. The molecule has 0 spiro atoms. The summed E-state index contributed by atoms with van der Waals surface area (Å²) in [5.74, 6) is 0.0630. The van der Waals surface area contributed by atoms with Crippen LogP contribution in [0.3, 0.4) is 0 Å². The number of nitrogens with zero attached hydrogens (tertiary/aromatic N) is 1. The highest BCUT2D eigenvalue weighted by Crippen LogP contribution is 2.45. The molecule has 0 aromatic heterocycles. The minimum Gasteiger partial charge on any atom is -0.502 e. The lowest BCUT2D eigenvalue weighted by atomic mass is 10.1. The van der Waals surface area contributed by atoms with Crippen molar-refractivity contribution >= 4 is 83.0 Å². The van der Waals surface area contributed by atoms with Crippen LogP contribution in [0.25, 0.3) is 0 Å². The van der Waals surface area contributed by atoms with E-state index in [0.717, 1.165) is 5.56 Å². The predicted octanol–water partition coefficient (Wildman–Crippen LogP) is 5.55. The SMILES string of the molecule is COC(=O)Cc1cc(I)c(Oc2cc(C(Br)C(Br)[N+](=O)[O-])cc(OC)c2O)c(I)c1. The number of carbonyl (C=O) groups is 1. The van der Waals surface area contributed by atoms with Crippen LogP contribution in [0.5, 0.6) is 23.0 Å². The van der Waals surface area contributed by atoms with E-state index in [9.17, 15) is 20.0 Å². The number of carbonyl (C=O) groups excluding carboxylic acids is 1. The lowest BCUT2D eigenvalue weighted by Crippen LogP contribution is -2.17. The van der Waals surface area contributed by atoms with Gasteiger partial charge in [0.05, 0.1) is 27.8 Å². The summed E-state index contributed by atoms with van der Waals surface area (Å²) in [4.78, 5) is 20.4. The molecule has 0 aliphatic rings. The third-order valence-electron chi connectivity index (χ3n) is 3.89. The van der Waals surface area contributed by atoms with Gasteiger partial charge in [-0.25, -0.2) is 0 Å². The van der Waals surface area contributed by atoms with Gasteiger partial charge in [-0.3, -0.25) is 14.9 Å². The van der Waals surface area contributed by atoms with E-state index in [4.69, 9.17) is 14.2 Å². The monoisotopic (exact) mass is 769 g/mol. The number of halogens is 4. The summed E-state index contributed by atoms with van der Waals surface area (Å²) in [5, 5.41) is 21.6. The molecule has 0 amide bonds. The van der Waals surface area contributed by atoms with Crippen molar-refractivity contribution in [3.8, 4) is 23.0 Å². The van der Waals surface area contributed by atoms with E-state index in [0.29, 0.717) is 18.5 Å². The third kappa shape index (κ3) is 6.09. The van der Waals surface area contributed by atoms with Crippen LogP contribution in [0.1, 0.15) is 16.0 Å². The Bertz CT molecular complexity index is 951. The van der Waals surface area contributed by atoms with E-state index in [1.165, 1.54) is 26.4 Å². The Hall–Kier alpha value is -0.870. The molecule has 0 fully saturated rings. The Morgan fingerprint density at radius 3 is 2.23 bits per heavy atom. The summed E-state index contributed by atoms with van der Waals surface area (Å²) in [6, 6.07) is 6.56. The number of methoxy groups -OCH3 is 2. The minimum absolute atomic E-state index is 0.0772. The first kappa shape index (κ1) is 25.4. The van der Waals surface area contributed by atoms with E-state index in [1.807, 2.05) is 0 Å². The first-order valence-electron chi connectivity index (χ1n) is 8.14. The topological polar surface area (TPSA) is 108 Å². The maximum absolute atomic E-state index is 11.5. The molecule has 2 unspecified atom stereocenters. The second-order valence-electron chi connectivity index (χ2n) is 5.87. The maximum Gasteiger partial charge on any atom is 0.309 e. The normalized spacial score (nSPS) is 12.7. The maximum atomic E-state index is 11.5. The average Bonchev–Trinajstić information content (AvgIpc) is 2.70. The number of aromatic hydroxyl groups is 1. The van der Waals surface area contributed by atoms with Crippen molar-refractivity contribution < 1.29 is 29.0 Å². The second kappa shape index (κ2) is 11.1. The number of esters is 1. The molecule has 0 saturated carbocycles. The van der Waals surface area contributed by atoms with Gasteiger partial charge in [-0.05, 0) is 96.5 Å². The van der Waals surface area contributed by atoms with Crippen LogP contribution in [0, 0.1) is 17.3 Å². The Kier molecular flexibility index (Phi) is 9.42. The molecule has 0 aliphatic carbocycles. The molecule has 0 saturated heterocycles. The first-order valence-corrected chi connectivity index (χ1v) is 12.1. The van der Waals surface area contributed by atoms with Crippen LogP contribution in [0.4, 0.5) is 0 Å². The Morgan fingerprint density at radius 2 is 1.73 bits per heavy atom. The molecule has 0 bridgehead atoms. The van der Waals surface area contributed by atoms with E-state index in [2.05, 4.69) is 77.0 Å². The van der Waals surface area contributed by atoms with E-state index in [-0.39, 0.29) is 29.6 Å². The molecule has 0 aliphatic heterocycles. The van der Waals surface area contributed by atoms with Crippen molar-refractivity contribution in [2.45, 2.75) is 16.2 Å². The summed E-state index contributed by atoms with van der Waals surface area (Å²) in [7, 11) is 2.70. The molecule has 2 atom stereocenters. The summed E-state index contributed by atoms with van der Waals surface area (Å²) in [6.07, 6.45) is 0.121. The van der Waals surface area contributed by atoms with Crippen LogP contribution in [0.15, 0.2) is 24.3 Å². The van der Waals surface area contributed by atoms with Crippen molar-refractivity contribution in [3.63, 3.8) is 0 Å². The lowest BCUT2D eigenvalue weighted by molar-refractivity contribution is -0.492. The molecule has 2 aromatic rings. The Labute approximate surface area is 216 Å². The number of alkyl halides is 2. The third-order valence-corrected chi connectivity index (χ3v) is 8.09. The van der Waals surface area contributed by atoms with E-state index < -0.39 is 14.7 Å². The van der Waals surface area contributed by atoms with Crippen LogP contribution >= 0.6 is 77.0 Å². The number of hydrogen-bond acceptors (Lipinski definition) is 7. The summed E-state index contributed by atoms with van der Waals surface area (Å²) >= 11 is 10.5. The quantitative estimate of drug-likeness (QED) is 0.0938. The van der Waals surface area contributed by atoms with Crippen LogP contribution < -0.4 is 9.47 Å². The van der Waals surface area contributed by atoms with Crippen molar-refractivity contribution in [3.05, 3.63) is 52.6 Å². The van der Waals surface area contributed by atoms with Gasteiger partial charge in [-0.15, -0.1) is 0 Å². The lowest BCUT2D eigenvalue weighted by Gasteiger charge is -2.17.